The lowest BCUT2D eigenvalue weighted by molar-refractivity contribution is -0.123. The summed E-state index contributed by atoms with van der Waals surface area (Å²) in [4.78, 5) is 26.4. The predicted molar refractivity (Wildman–Crippen MR) is 140 cm³/mol. The highest BCUT2D eigenvalue weighted by Gasteiger charge is 2.35. The quantitative estimate of drug-likeness (QED) is 0.460. The van der Waals surface area contributed by atoms with E-state index in [2.05, 4.69) is 15.7 Å². The molecule has 0 radical (unpaired) electrons. The number of carbonyl (C=O) groups excluding carboxylic acids is 2. The van der Waals surface area contributed by atoms with Gasteiger partial charge in [-0.1, -0.05) is 23.2 Å². The van der Waals surface area contributed by atoms with E-state index < -0.39 is 11.7 Å². The molecule has 1 saturated heterocycles. The summed E-state index contributed by atoms with van der Waals surface area (Å²) in [7, 11) is 1.91. The molecule has 0 aliphatic carbocycles. The van der Waals surface area contributed by atoms with Gasteiger partial charge in [0.25, 0.3) is 0 Å². The minimum Gasteiger partial charge on any atom is -0.444 e. The van der Waals surface area contributed by atoms with E-state index in [1.807, 2.05) is 38.8 Å². The van der Waals surface area contributed by atoms with Crippen LogP contribution in [0.1, 0.15) is 33.6 Å². The fourth-order valence-electron chi connectivity index (χ4n) is 3.90. The molecule has 1 fully saturated rings. The molecule has 10 nitrogen and oxygen atoms in total. The first-order valence-corrected chi connectivity index (χ1v) is 12.7. The molecule has 1 aromatic rings. The van der Waals surface area contributed by atoms with Gasteiger partial charge in [-0.05, 0) is 52.4 Å². The number of nitrogens with zero attached hydrogens (tertiary/aromatic N) is 3. The number of hydrogen-bond acceptors (Lipinski definition) is 8. The van der Waals surface area contributed by atoms with Crippen LogP contribution in [-0.4, -0.2) is 87.0 Å². The van der Waals surface area contributed by atoms with E-state index in [-0.39, 0.29) is 18.1 Å². The standard InChI is InChI=1S/C24H35Cl2N5O5/c1-24(2,3)36-23(33)27-8-10-34-11-12-35-17-14-20(30(4)15-17)22(32)28-21-7-9-31(29-21)16-5-6-18(25)19(26)13-16/h5-6,13,17,20H,7-12,14-15H2,1-4H3,(H,27,33)(H,28,29,32)/t17-,20-/m0/s1. The largest absolute Gasteiger partial charge is 0.444 e. The minimum atomic E-state index is -0.529. The lowest BCUT2D eigenvalue weighted by Gasteiger charge is -2.19. The lowest BCUT2D eigenvalue weighted by Crippen LogP contribution is -2.43. The number of carbonyl (C=O) groups is 2. The van der Waals surface area contributed by atoms with Crippen molar-refractivity contribution in [2.24, 2.45) is 5.10 Å². The predicted octanol–water partition coefficient (Wildman–Crippen LogP) is 3.26. The third kappa shape index (κ3) is 8.77. The van der Waals surface area contributed by atoms with Gasteiger partial charge in [0.2, 0.25) is 5.91 Å². The van der Waals surface area contributed by atoms with Crippen LogP contribution in [0, 0.1) is 0 Å². The zero-order valence-corrected chi connectivity index (χ0v) is 22.7. The van der Waals surface area contributed by atoms with E-state index >= 15 is 0 Å². The van der Waals surface area contributed by atoms with Crippen molar-refractivity contribution in [1.82, 2.24) is 15.5 Å². The Morgan fingerprint density at radius 1 is 1.17 bits per heavy atom. The van der Waals surface area contributed by atoms with Gasteiger partial charge in [-0.25, -0.2) is 4.79 Å². The topological polar surface area (TPSA) is 105 Å². The molecule has 2 aliphatic heterocycles. The molecule has 1 aromatic carbocycles. The average molecular weight is 544 g/mol. The molecule has 36 heavy (non-hydrogen) atoms. The number of benzene rings is 1. The molecule has 0 saturated carbocycles. The van der Waals surface area contributed by atoms with E-state index in [0.717, 1.165) is 5.69 Å². The summed E-state index contributed by atoms with van der Waals surface area (Å²) >= 11 is 12.1. The molecule has 200 valence electrons. The smallest absolute Gasteiger partial charge is 0.407 e. The van der Waals surface area contributed by atoms with Crippen molar-refractivity contribution in [3.63, 3.8) is 0 Å². The van der Waals surface area contributed by atoms with Gasteiger partial charge < -0.3 is 24.8 Å². The van der Waals surface area contributed by atoms with Gasteiger partial charge in [-0.2, -0.15) is 5.10 Å². The van der Waals surface area contributed by atoms with E-state index in [4.69, 9.17) is 37.4 Å². The van der Waals surface area contributed by atoms with Crippen molar-refractivity contribution in [2.45, 2.75) is 51.4 Å². The molecular weight excluding hydrogens is 509 g/mol. The number of halogens is 2. The highest BCUT2D eigenvalue weighted by Crippen LogP contribution is 2.28. The Bertz CT molecular complexity index is 955. The maximum Gasteiger partial charge on any atom is 0.407 e. The maximum absolute atomic E-state index is 12.9. The average Bonchev–Trinajstić information content (AvgIpc) is 3.40. The molecule has 0 aromatic heterocycles. The Kier molecular flexibility index (Phi) is 10.2. The third-order valence-corrected chi connectivity index (χ3v) is 6.32. The number of amides is 2. The van der Waals surface area contributed by atoms with Crippen LogP contribution in [0.2, 0.25) is 10.0 Å². The van der Waals surface area contributed by atoms with Gasteiger partial charge in [0.1, 0.15) is 11.4 Å². The van der Waals surface area contributed by atoms with Crippen molar-refractivity contribution in [3.8, 4) is 0 Å². The Morgan fingerprint density at radius 3 is 2.67 bits per heavy atom. The van der Waals surface area contributed by atoms with Crippen molar-refractivity contribution in [2.75, 3.05) is 51.5 Å². The highest BCUT2D eigenvalue weighted by atomic mass is 35.5. The Balaban J connectivity index is 1.33. The van der Waals surface area contributed by atoms with Gasteiger partial charge in [-0.3, -0.25) is 14.7 Å². The SMILES string of the molecule is CN1C[C@@H](OCCOCCNC(=O)OC(C)(C)C)C[C@H]1C(=O)NC1=NN(c2ccc(Cl)c(Cl)c2)CC1. The van der Waals surface area contributed by atoms with Crippen LogP contribution in [0.15, 0.2) is 23.3 Å². The second kappa shape index (κ2) is 12.9. The molecule has 0 bridgehead atoms. The molecule has 12 heteroatoms. The van der Waals surface area contributed by atoms with Crippen molar-refractivity contribution in [1.29, 1.82) is 0 Å². The first-order valence-electron chi connectivity index (χ1n) is 12.0. The van der Waals surface area contributed by atoms with Crippen LogP contribution >= 0.6 is 23.2 Å². The molecule has 0 spiro atoms. The van der Waals surface area contributed by atoms with Crippen molar-refractivity contribution >= 4 is 46.7 Å². The van der Waals surface area contributed by atoms with Crippen molar-refractivity contribution in [3.05, 3.63) is 28.2 Å². The first-order chi connectivity index (χ1) is 17.0. The summed E-state index contributed by atoms with van der Waals surface area (Å²) in [6, 6.07) is 5.03. The number of likely N-dealkylation sites (tertiary alicyclic amines) is 1. The number of rotatable bonds is 9. The van der Waals surface area contributed by atoms with E-state index in [9.17, 15) is 9.59 Å². The molecule has 2 aliphatic rings. The van der Waals surface area contributed by atoms with Gasteiger partial charge in [0.15, 0.2) is 0 Å². The molecular formula is C24H35Cl2N5O5. The monoisotopic (exact) mass is 543 g/mol. The zero-order valence-electron chi connectivity index (χ0n) is 21.2. The number of amidine groups is 1. The van der Waals surface area contributed by atoms with E-state index in [1.54, 1.807) is 17.1 Å². The number of likely N-dealkylation sites (N-methyl/N-ethyl adjacent to an activating group) is 1. The number of ether oxygens (including phenoxy) is 3. The second-order valence-electron chi connectivity index (χ2n) is 9.73. The summed E-state index contributed by atoms with van der Waals surface area (Å²) in [5.74, 6) is 0.528. The fraction of sp³-hybridized carbons (Fsp3) is 0.625. The third-order valence-electron chi connectivity index (χ3n) is 5.58. The Labute approximate surface area is 222 Å². The number of alkyl carbamates (subject to hydrolysis) is 1. The summed E-state index contributed by atoms with van der Waals surface area (Å²) in [6.45, 7) is 8.25. The molecule has 0 unspecified atom stereocenters. The Hall–Kier alpha value is -2.11. The molecule has 2 N–H and O–H groups in total. The summed E-state index contributed by atoms with van der Waals surface area (Å²) < 4.78 is 16.6. The van der Waals surface area contributed by atoms with E-state index in [1.165, 1.54) is 0 Å². The minimum absolute atomic E-state index is 0.0625. The molecule has 3 rings (SSSR count). The van der Waals surface area contributed by atoms with Crippen LogP contribution in [0.4, 0.5) is 10.5 Å². The van der Waals surface area contributed by atoms with Crippen molar-refractivity contribution < 1.29 is 23.8 Å². The lowest BCUT2D eigenvalue weighted by atomic mass is 10.2. The van der Waals surface area contributed by atoms with Crippen LogP contribution in [0.3, 0.4) is 0 Å². The fourth-order valence-corrected chi connectivity index (χ4v) is 4.19. The molecule has 2 atom stereocenters. The summed E-state index contributed by atoms with van der Waals surface area (Å²) in [5.41, 5.74) is 0.293. The summed E-state index contributed by atoms with van der Waals surface area (Å²) in [5, 5.41) is 12.9. The maximum atomic E-state index is 12.9. The van der Waals surface area contributed by atoms with Crippen LogP contribution in [-0.2, 0) is 19.0 Å². The number of nitrogens with one attached hydrogen (secondary N) is 2. The molecule has 2 amide bonds. The molecule has 2 heterocycles. The normalized spacial score (nSPS) is 20.4. The number of anilines is 1. The zero-order chi connectivity index (χ0) is 26.3. The highest BCUT2D eigenvalue weighted by molar-refractivity contribution is 6.42. The first kappa shape index (κ1) is 28.5. The van der Waals surface area contributed by atoms with Crippen LogP contribution < -0.4 is 15.6 Å². The van der Waals surface area contributed by atoms with Gasteiger partial charge in [0.05, 0.1) is 47.7 Å². The second-order valence-corrected chi connectivity index (χ2v) is 10.5. The van der Waals surface area contributed by atoms with Gasteiger partial charge in [-0.15, -0.1) is 0 Å². The van der Waals surface area contributed by atoms with Crippen LogP contribution in [0.5, 0.6) is 0 Å². The van der Waals surface area contributed by atoms with Crippen LogP contribution in [0.25, 0.3) is 0 Å². The summed E-state index contributed by atoms with van der Waals surface area (Å²) in [6.07, 6.45) is 0.688. The number of hydrazone groups is 1. The van der Waals surface area contributed by atoms with E-state index in [0.29, 0.717) is 68.2 Å². The number of hydrogen-bond donors (Lipinski definition) is 2. The van der Waals surface area contributed by atoms with Gasteiger partial charge in [0, 0.05) is 26.1 Å². The van der Waals surface area contributed by atoms with Gasteiger partial charge >= 0.3 is 6.09 Å². The Morgan fingerprint density at radius 2 is 1.94 bits per heavy atom.